The molecule has 3 nitrogen and oxygen atoms in total. The Labute approximate surface area is 118 Å². The molecule has 5 heteroatoms. The molecule has 0 heterocycles. The van der Waals surface area contributed by atoms with E-state index in [9.17, 15) is 4.39 Å². The van der Waals surface area contributed by atoms with Gasteiger partial charge in [0.15, 0.2) is 5.96 Å². The number of hydrogen-bond donors (Lipinski definition) is 2. The zero-order valence-corrected chi connectivity index (χ0v) is 12.1. The van der Waals surface area contributed by atoms with Crippen LogP contribution in [0.2, 0.25) is 0 Å². The van der Waals surface area contributed by atoms with E-state index in [1.54, 1.807) is 24.9 Å². The fourth-order valence-electron chi connectivity index (χ4n) is 2.12. The summed E-state index contributed by atoms with van der Waals surface area (Å²) in [5, 5.41) is 6.59. The van der Waals surface area contributed by atoms with Crippen LogP contribution in [-0.4, -0.2) is 37.6 Å². The van der Waals surface area contributed by atoms with Crippen molar-refractivity contribution in [3.05, 3.63) is 35.6 Å². The molecule has 0 aromatic heterocycles. The smallest absolute Gasteiger partial charge is 0.191 e. The van der Waals surface area contributed by atoms with Crippen molar-refractivity contribution >= 4 is 17.7 Å². The van der Waals surface area contributed by atoms with Crippen LogP contribution in [0.3, 0.4) is 0 Å². The minimum absolute atomic E-state index is 0.109. The van der Waals surface area contributed by atoms with Gasteiger partial charge < -0.3 is 10.6 Å². The molecule has 1 aromatic carbocycles. The van der Waals surface area contributed by atoms with Crippen molar-refractivity contribution in [1.82, 2.24) is 10.6 Å². The molecule has 0 bridgehead atoms. The first-order valence-electron chi connectivity index (χ1n) is 6.46. The van der Waals surface area contributed by atoms with Crippen LogP contribution in [0.25, 0.3) is 0 Å². The predicted molar refractivity (Wildman–Crippen MR) is 80.4 cm³/mol. The summed E-state index contributed by atoms with van der Waals surface area (Å²) in [6.07, 6.45) is 3.04. The summed E-state index contributed by atoms with van der Waals surface area (Å²) < 4.78 is 13.6. The van der Waals surface area contributed by atoms with E-state index in [4.69, 9.17) is 0 Å². The standard InChI is InChI=1S/C14H20FN3S/c1-16-14(17-7-8-19-2)18-13-9-11(13)10-5-3-4-6-12(10)15/h3-6,11,13H,7-9H2,1-2H3,(H2,16,17,18). The minimum atomic E-state index is -0.109. The Kier molecular flexibility index (Phi) is 5.07. The number of hydrogen-bond acceptors (Lipinski definition) is 2. The highest BCUT2D eigenvalue weighted by atomic mass is 32.2. The van der Waals surface area contributed by atoms with E-state index in [2.05, 4.69) is 21.9 Å². The number of benzene rings is 1. The van der Waals surface area contributed by atoms with Gasteiger partial charge in [-0.3, -0.25) is 4.99 Å². The Balaban J connectivity index is 1.84. The van der Waals surface area contributed by atoms with Crippen molar-refractivity contribution in [2.75, 3.05) is 25.6 Å². The normalized spacial score (nSPS) is 22.2. The number of halogens is 1. The van der Waals surface area contributed by atoms with E-state index >= 15 is 0 Å². The highest BCUT2D eigenvalue weighted by molar-refractivity contribution is 7.98. The Morgan fingerprint density at radius 3 is 2.95 bits per heavy atom. The summed E-state index contributed by atoms with van der Waals surface area (Å²) in [5.74, 6) is 2.00. The molecule has 0 spiro atoms. The van der Waals surface area contributed by atoms with Crippen molar-refractivity contribution in [3.8, 4) is 0 Å². The van der Waals surface area contributed by atoms with Gasteiger partial charge in [-0.2, -0.15) is 11.8 Å². The van der Waals surface area contributed by atoms with Gasteiger partial charge in [-0.05, 0) is 24.3 Å². The zero-order valence-electron chi connectivity index (χ0n) is 11.3. The quantitative estimate of drug-likeness (QED) is 0.493. The first-order valence-corrected chi connectivity index (χ1v) is 7.86. The zero-order chi connectivity index (χ0) is 13.7. The highest BCUT2D eigenvalue weighted by Crippen LogP contribution is 2.41. The summed E-state index contributed by atoms with van der Waals surface area (Å²) >= 11 is 1.79. The summed E-state index contributed by atoms with van der Waals surface area (Å²) in [5.41, 5.74) is 0.805. The third-order valence-corrected chi connectivity index (χ3v) is 3.85. The van der Waals surface area contributed by atoms with Crippen LogP contribution >= 0.6 is 11.8 Å². The highest BCUT2D eigenvalue weighted by Gasteiger charge is 2.40. The molecule has 0 amide bonds. The van der Waals surface area contributed by atoms with Gasteiger partial charge in [0.2, 0.25) is 0 Å². The van der Waals surface area contributed by atoms with E-state index in [0.29, 0.717) is 0 Å². The lowest BCUT2D eigenvalue weighted by molar-refractivity contribution is 0.608. The molecule has 0 saturated heterocycles. The molecule has 104 valence electrons. The lowest BCUT2D eigenvalue weighted by atomic mass is 10.1. The van der Waals surface area contributed by atoms with Crippen molar-refractivity contribution in [1.29, 1.82) is 0 Å². The van der Waals surface area contributed by atoms with Crippen molar-refractivity contribution in [3.63, 3.8) is 0 Å². The van der Waals surface area contributed by atoms with E-state index < -0.39 is 0 Å². The van der Waals surface area contributed by atoms with Gasteiger partial charge in [0.05, 0.1) is 0 Å². The van der Waals surface area contributed by atoms with Gasteiger partial charge in [-0.1, -0.05) is 18.2 Å². The van der Waals surface area contributed by atoms with E-state index in [0.717, 1.165) is 30.2 Å². The SMILES string of the molecule is CN=C(NCCSC)NC1CC1c1ccccc1F. The van der Waals surface area contributed by atoms with E-state index in [1.807, 2.05) is 12.1 Å². The van der Waals surface area contributed by atoms with Crippen LogP contribution in [0.5, 0.6) is 0 Å². The molecule has 0 radical (unpaired) electrons. The maximum absolute atomic E-state index is 13.6. The first kappa shape index (κ1) is 14.2. The summed E-state index contributed by atoms with van der Waals surface area (Å²) in [6, 6.07) is 7.30. The monoisotopic (exact) mass is 281 g/mol. The van der Waals surface area contributed by atoms with Crippen LogP contribution in [0, 0.1) is 5.82 Å². The lowest BCUT2D eigenvalue weighted by Crippen LogP contribution is -2.40. The lowest BCUT2D eigenvalue weighted by Gasteiger charge is -2.11. The molecule has 2 N–H and O–H groups in total. The maximum atomic E-state index is 13.6. The van der Waals surface area contributed by atoms with Crippen molar-refractivity contribution < 1.29 is 4.39 Å². The maximum Gasteiger partial charge on any atom is 0.191 e. The van der Waals surface area contributed by atoms with Crippen LogP contribution in [0.4, 0.5) is 4.39 Å². The molecule has 1 saturated carbocycles. The molecule has 2 unspecified atom stereocenters. The summed E-state index contributed by atoms with van der Waals surface area (Å²) in [4.78, 5) is 4.18. The average molecular weight is 281 g/mol. The molecular formula is C14H20FN3S. The number of nitrogens with zero attached hydrogens (tertiary/aromatic N) is 1. The molecule has 1 aliphatic rings. The summed E-state index contributed by atoms with van der Waals surface area (Å²) in [6.45, 7) is 0.887. The second kappa shape index (κ2) is 6.80. The molecule has 1 aromatic rings. The van der Waals surface area contributed by atoms with Crippen LogP contribution < -0.4 is 10.6 Å². The second-order valence-corrected chi connectivity index (χ2v) is 5.59. The van der Waals surface area contributed by atoms with E-state index in [1.165, 1.54) is 6.07 Å². The van der Waals surface area contributed by atoms with Gasteiger partial charge in [0, 0.05) is 31.3 Å². The number of nitrogens with one attached hydrogen (secondary N) is 2. The Morgan fingerprint density at radius 1 is 1.47 bits per heavy atom. The molecule has 1 fully saturated rings. The van der Waals surface area contributed by atoms with E-state index in [-0.39, 0.29) is 17.8 Å². The third-order valence-electron chi connectivity index (χ3n) is 3.24. The number of aliphatic imine (C=N–C) groups is 1. The molecule has 2 atom stereocenters. The Morgan fingerprint density at radius 2 is 2.26 bits per heavy atom. The number of guanidine groups is 1. The van der Waals surface area contributed by atoms with Gasteiger partial charge in [0.1, 0.15) is 5.82 Å². The summed E-state index contributed by atoms with van der Waals surface area (Å²) in [7, 11) is 1.76. The van der Waals surface area contributed by atoms with Gasteiger partial charge in [0.25, 0.3) is 0 Å². The van der Waals surface area contributed by atoms with Gasteiger partial charge >= 0.3 is 0 Å². The fraction of sp³-hybridized carbons (Fsp3) is 0.500. The van der Waals surface area contributed by atoms with Crippen LogP contribution in [0.15, 0.2) is 29.3 Å². The number of thioether (sulfide) groups is 1. The predicted octanol–water partition coefficient (Wildman–Crippen LogP) is 2.21. The average Bonchev–Trinajstić information content (AvgIpc) is 3.17. The topological polar surface area (TPSA) is 36.4 Å². The molecule has 19 heavy (non-hydrogen) atoms. The van der Waals surface area contributed by atoms with Crippen LogP contribution in [0.1, 0.15) is 17.9 Å². The molecule has 0 aliphatic heterocycles. The second-order valence-electron chi connectivity index (χ2n) is 4.61. The van der Waals surface area contributed by atoms with Crippen molar-refractivity contribution in [2.45, 2.75) is 18.4 Å². The molecular weight excluding hydrogens is 261 g/mol. The Hall–Kier alpha value is -1.23. The van der Waals surface area contributed by atoms with Crippen LogP contribution in [-0.2, 0) is 0 Å². The fourth-order valence-corrected chi connectivity index (χ4v) is 2.42. The third kappa shape index (κ3) is 3.86. The Bertz CT molecular complexity index is 450. The molecule has 2 rings (SSSR count). The minimum Gasteiger partial charge on any atom is -0.356 e. The largest absolute Gasteiger partial charge is 0.356 e. The van der Waals surface area contributed by atoms with Crippen molar-refractivity contribution in [2.24, 2.45) is 4.99 Å². The molecule has 1 aliphatic carbocycles. The first-order chi connectivity index (χ1) is 9.26. The van der Waals surface area contributed by atoms with Gasteiger partial charge in [-0.25, -0.2) is 4.39 Å². The van der Waals surface area contributed by atoms with Gasteiger partial charge in [-0.15, -0.1) is 0 Å². The number of rotatable bonds is 5.